The first-order valence-electron chi connectivity index (χ1n) is 7.91. The fourth-order valence-electron chi connectivity index (χ4n) is 2.28. The van der Waals surface area contributed by atoms with Gasteiger partial charge in [-0.1, -0.05) is 32.9 Å². The molecule has 0 spiro atoms. The van der Waals surface area contributed by atoms with Crippen LogP contribution in [-0.4, -0.2) is 29.8 Å². The van der Waals surface area contributed by atoms with Crippen LogP contribution >= 0.6 is 0 Å². The fraction of sp³-hybridized carbons (Fsp3) is 0.444. The monoisotopic (exact) mass is 316 g/mol. The molecule has 5 heteroatoms. The Morgan fingerprint density at radius 1 is 1.13 bits per heavy atom. The largest absolute Gasteiger partial charge is 0.449 e. The van der Waals surface area contributed by atoms with Crippen molar-refractivity contribution in [2.75, 3.05) is 18.4 Å². The van der Waals surface area contributed by atoms with E-state index in [1.54, 1.807) is 11.0 Å². The summed E-state index contributed by atoms with van der Waals surface area (Å²) in [6.45, 7) is 10.5. The van der Waals surface area contributed by atoms with E-state index in [9.17, 15) is 9.59 Å². The zero-order valence-corrected chi connectivity index (χ0v) is 14.4. The second-order valence-corrected chi connectivity index (χ2v) is 6.48. The van der Waals surface area contributed by atoms with Crippen LogP contribution in [0.2, 0.25) is 0 Å². The molecular weight excluding hydrogens is 292 g/mol. The molecule has 0 saturated carbocycles. The number of amides is 2. The molecule has 0 atom stereocenters. The van der Waals surface area contributed by atoms with Crippen molar-refractivity contribution in [2.24, 2.45) is 5.41 Å². The van der Waals surface area contributed by atoms with E-state index in [-0.39, 0.29) is 17.6 Å². The minimum atomic E-state index is -0.562. The number of nitrogens with one attached hydrogen (secondary N) is 1. The third kappa shape index (κ3) is 3.38. The van der Waals surface area contributed by atoms with Gasteiger partial charge in [0.1, 0.15) is 11.3 Å². The van der Waals surface area contributed by atoms with Gasteiger partial charge < -0.3 is 14.6 Å². The van der Waals surface area contributed by atoms with Gasteiger partial charge in [-0.05, 0) is 26.0 Å². The van der Waals surface area contributed by atoms with Crippen LogP contribution in [-0.2, 0) is 4.79 Å². The van der Waals surface area contributed by atoms with Crippen LogP contribution in [0.4, 0.5) is 5.69 Å². The van der Waals surface area contributed by atoms with Crippen LogP contribution in [0.25, 0.3) is 11.0 Å². The van der Waals surface area contributed by atoms with Crippen LogP contribution in [0.5, 0.6) is 0 Å². The molecule has 0 aliphatic carbocycles. The first-order valence-corrected chi connectivity index (χ1v) is 7.91. The van der Waals surface area contributed by atoms with Gasteiger partial charge in [-0.25, -0.2) is 0 Å². The smallest absolute Gasteiger partial charge is 0.291 e. The molecule has 5 nitrogen and oxygen atoms in total. The van der Waals surface area contributed by atoms with Crippen LogP contribution in [0.1, 0.15) is 45.2 Å². The first kappa shape index (κ1) is 17.1. The quantitative estimate of drug-likeness (QED) is 0.930. The normalized spacial score (nSPS) is 11.5. The zero-order valence-electron chi connectivity index (χ0n) is 14.4. The summed E-state index contributed by atoms with van der Waals surface area (Å²) in [4.78, 5) is 26.8. The third-order valence-corrected chi connectivity index (χ3v) is 3.76. The predicted octanol–water partition coefficient (Wildman–Crippen LogP) is 3.90. The molecule has 2 rings (SSSR count). The van der Waals surface area contributed by atoms with Gasteiger partial charge in [-0.2, -0.15) is 0 Å². The molecule has 124 valence electrons. The Morgan fingerprint density at radius 3 is 2.30 bits per heavy atom. The number of rotatable bonds is 4. The molecule has 1 aromatic carbocycles. The van der Waals surface area contributed by atoms with Crippen molar-refractivity contribution < 1.29 is 14.0 Å². The Hall–Kier alpha value is -2.30. The Morgan fingerprint density at radius 2 is 1.74 bits per heavy atom. The number of anilines is 1. The Balaban J connectivity index is 2.54. The summed E-state index contributed by atoms with van der Waals surface area (Å²) in [7, 11) is 0. The highest BCUT2D eigenvalue weighted by molar-refractivity contribution is 6.11. The number of para-hydroxylation sites is 1. The van der Waals surface area contributed by atoms with E-state index in [0.717, 1.165) is 5.39 Å². The van der Waals surface area contributed by atoms with E-state index in [1.165, 1.54) is 0 Å². The summed E-state index contributed by atoms with van der Waals surface area (Å²) in [5.41, 5.74) is 0.484. The number of carbonyl (C=O) groups is 2. The van der Waals surface area contributed by atoms with E-state index in [0.29, 0.717) is 24.4 Å². The van der Waals surface area contributed by atoms with Crippen LogP contribution in [0, 0.1) is 5.41 Å². The lowest BCUT2D eigenvalue weighted by Crippen LogP contribution is -2.32. The van der Waals surface area contributed by atoms with Crippen molar-refractivity contribution in [1.29, 1.82) is 0 Å². The minimum Gasteiger partial charge on any atom is -0.449 e. The van der Waals surface area contributed by atoms with Gasteiger partial charge >= 0.3 is 0 Å². The lowest BCUT2D eigenvalue weighted by Gasteiger charge is -2.20. The highest BCUT2D eigenvalue weighted by atomic mass is 16.3. The first-order chi connectivity index (χ1) is 10.8. The topological polar surface area (TPSA) is 62.6 Å². The molecule has 2 amide bonds. The van der Waals surface area contributed by atoms with E-state index in [2.05, 4.69) is 5.32 Å². The number of benzene rings is 1. The molecule has 1 N–H and O–H groups in total. The molecule has 0 radical (unpaired) electrons. The molecule has 0 saturated heterocycles. The molecule has 0 aliphatic heterocycles. The SMILES string of the molecule is CCN(CC)C(=O)c1oc2ccccc2c1NC(=O)C(C)(C)C. The average molecular weight is 316 g/mol. The Kier molecular flexibility index (Phi) is 4.78. The summed E-state index contributed by atoms with van der Waals surface area (Å²) in [6, 6.07) is 7.33. The number of furan rings is 1. The van der Waals surface area contributed by atoms with Gasteiger partial charge in [0.15, 0.2) is 0 Å². The summed E-state index contributed by atoms with van der Waals surface area (Å²) in [5, 5.41) is 3.61. The van der Waals surface area contributed by atoms with Gasteiger partial charge in [0.05, 0.1) is 0 Å². The van der Waals surface area contributed by atoms with Crippen molar-refractivity contribution >= 4 is 28.5 Å². The predicted molar refractivity (Wildman–Crippen MR) is 91.6 cm³/mol. The number of hydrogen-bond donors (Lipinski definition) is 1. The lowest BCUT2D eigenvalue weighted by molar-refractivity contribution is -0.123. The summed E-state index contributed by atoms with van der Waals surface area (Å²) in [5.74, 6) is -0.180. The molecule has 0 fully saturated rings. The van der Waals surface area contributed by atoms with Crippen molar-refractivity contribution in [3.05, 3.63) is 30.0 Å². The third-order valence-electron chi connectivity index (χ3n) is 3.76. The number of fused-ring (bicyclic) bond motifs is 1. The molecule has 23 heavy (non-hydrogen) atoms. The summed E-state index contributed by atoms with van der Waals surface area (Å²) in [6.07, 6.45) is 0. The highest BCUT2D eigenvalue weighted by Gasteiger charge is 2.28. The molecule has 0 bridgehead atoms. The van der Waals surface area contributed by atoms with E-state index in [4.69, 9.17) is 4.42 Å². The second kappa shape index (κ2) is 6.44. The van der Waals surface area contributed by atoms with Crippen LogP contribution in [0.15, 0.2) is 28.7 Å². The van der Waals surface area contributed by atoms with Crippen molar-refractivity contribution in [3.63, 3.8) is 0 Å². The maximum absolute atomic E-state index is 12.7. The van der Waals surface area contributed by atoms with E-state index in [1.807, 2.05) is 52.8 Å². The van der Waals surface area contributed by atoms with Crippen molar-refractivity contribution in [1.82, 2.24) is 4.90 Å². The summed E-state index contributed by atoms with van der Waals surface area (Å²) >= 11 is 0. The second-order valence-electron chi connectivity index (χ2n) is 6.48. The minimum absolute atomic E-state index is 0.155. The Bertz CT molecular complexity index is 721. The maximum Gasteiger partial charge on any atom is 0.291 e. The van der Waals surface area contributed by atoms with Gasteiger partial charge in [0, 0.05) is 23.9 Å². The van der Waals surface area contributed by atoms with Gasteiger partial charge in [-0.3, -0.25) is 9.59 Å². The molecule has 0 unspecified atom stereocenters. The fourth-order valence-corrected chi connectivity index (χ4v) is 2.28. The van der Waals surface area contributed by atoms with Gasteiger partial charge in [0.2, 0.25) is 11.7 Å². The molecule has 1 aromatic heterocycles. The zero-order chi connectivity index (χ0) is 17.2. The van der Waals surface area contributed by atoms with Crippen molar-refractivity contribution in [3.8, 4) is 0 Å². The molecule has 0 aliphatic rings. The number of carbonyl (C=O) groups excluding carboxylic acids is 2. The maximum atomic E-state index is 12.7. The van der Waals surface area contributed by atoms with E-state index >= 15 is 0 Å². The molecule has 2 aromatic rings. The average Bonchev–Trinajstić information content (AvgIpc) is 2.86. The van der Waals surface area contributed by atoms with Gasteiger partial charge in [-0.15, -0.1) is 0 Å². The lowest BCUT2D eigenvalue weighted by atomic mass is 9.95. The molecular formula is C18H24N2O3. The summed E-state index contributed by atoms with van der Waals surface area (Å²) < 4.78 is 5.75. The standard InChI is InChI=1S/C18H24N2O3/c1-6-20(7-2)16(21)15-14(19-17(22)18(3,4)5)12-10-8-9-11-13(12)23-15/h8-11H,6-7H2,1-5H3,(H,19,22). The number of nitrogens with zero attached hydrogens (tertiary/aromatic N) is 1. The number of hydrogen-bond acceptors (Lipinski definition) is 3. The van der Waals surface area contributed by atoms with Crippen molar-refractivity contribution in [2.45, 2.75) is 34.6 Å². The van der Waals surface area contributed by atoms with Crippen LogP contribution in [0.3, 0.4) is 0 Å². The Labute approximate surface area is 136 Å². The van der Waals surface area contributed by atoms with E-state index < -0.39 is 5.41 Å². The highest BCUT2D eigenvalue weighted by Crippen LogP contribution is 2.33. The molecule has 1 heterocycles. The van der Waals surface area contributed by atoms with Gasteiger partial charge in [0.25, 0.3) is 5.91 Å². The van der Waals surface area contributed by atoms with Crippen LogP contribution < -0.4 is 5.32 Å².